The first kappa shape index (κ1) is 23.8. The molecule has 2 aromatic carbocycles. The monoisotopic (exact) mass is 421 g/mol. The zero-order chi connectivity index (χ0) is 22.6. The van der Waals surface area contributed by atoms with E-state index in [1.54, 1.807) is 37.3 Å². The summed E-state index contributed by atoms with van der Waals surface area (Å²) >= 11 is 0. The Morgan fingerprint density at radius 3 is 2.42 bits per heavy atom. The van der Waals surface area contributed by atoms with Crippen LogP contribution in [0.1, 0.15) is 40.9 Å². The normalized spacial score (nSPS) is 12.5. The average molecular weight is 421 g/mol. The van der Waals surface area contributed by atoms with Gasteiger partial charge < -0.3 is 15.8 Å². The first-order valence-corrected chi connectivity index (χ1v) is 9.89. The van der Waals surface area contributed by atoms with Gasteiger partial charge in [-0.15, -0.1) is 0 Å². The second-order valence-electron chi connectivity index (χ2n) is 6.85. The lowest BCUT2D eigenvalue weighted by atomic mass is 10.1. The lowest BCUT2D eigenvalue weighted by Gasteiger charge is -2.20. The van der Waals surface area contributed by atoms with Gasteiger partial charge in [0.05, 0.1) is 6.61 Å². The number of benzene rings is 2. The second-order valence-corrected chi connectivity index (χ2v) is 6.85. The first-order valence-electron chi connectivity index (χ1n) is 9.89. The summed E-state index contributed by atoms with van der Waals surface area (Å²) in [6.07, 6.45) is 3.57. The van der Waals surface area contributed by atoms with Crippen LogP contribution in [0.15, 0.2) is 54.6 Å². The fourth-order valence-electron chi connectivity index (χ4n) is 2.64. The number of ether oxygens (including phenoxy) is 1. The van der Waals surface area contributed by atoms with E-state index >= 15 is 0 Å². The summed E-state index contributed by atoms with van der Waals surface area (Å²) in [6.45, 7) is 4.81. The average Bonchev–Trinajstić information content (AvgIpc) is 2.79. The van der Waals surface area contributed by atoms with Crippen LogP contribution in [0.3, 0.4) is 0 Å². The first-order chi connectivity index (χ1) is 14.9. The van der Waals surface area contributed by atoms with E-state index in [9.17, 15) is 9.59 Å². The molecule has 0 heterocycles. The molecule has 162 valence electrons. The van der Waals surface area contributed by atoms with Crippen molar-refractivity contribution in [1.82, 2.24) is 10.8 Å². The molecule has 0 bridgehead atoms. The highest BCUT2D eigenvalue weighted by Crippen LogP contribution is 2.08. The third-order valence-corrected chi connectivity index (χ3v) is 4.38. The Balaban J connectivity index is 1.95. The van der Waals surface area contributed by atoms with Crippen LogP contribution in [0, 0.1) is 11.8 Å². The van der Waals surface area contributed by atoms with E-state index in [1.165, 1.54) is 5.48 Å². The van der Waals surface area contributed by atoms with E-state index in [0.717, 1.165) is 16.7 Å². The van der Waals surface area contributed by atoms with Gasteiger partial charge >= 0.3 is 0 Å². The number of carbonyl (C=O) groups excluding carboxylic acids is 2. The predicted octanol–water partition coefficient (Wildman–Crippen LogP) is 2.24. The molecule has 0 aliphatic carbocycles. The van der Waals surface area contributed by atoms with Crippen LogP contribution in [-0.4, -0.2) is 35.7 Å². The molecular weight excluding hydrogens is 394 g/mol. The maximum absolute atomic E-state index is 12.3. The fraction of sp³-hybridized carbons (Fsp3) is 0.250. The SMILES string of the molecule is CCOCc1ccc(C#C/C=C/c2ccc(C(=O)N[C@H](C(=O)NO)[C@@H](C)N)cc2)cc1. The van der Waals surface area contributed by atoms with Gasteiger partial charge in [-0.05, 0) is 61.4 Å². The summed E-state index contributed by atoms with van der Waals surface area (Å²) in [5, 5.41) is 11.3. The minimum atomic E-state index is -1.04. The zero-order valence-corrected chi connectivity index (χ0v) is 17.6. The van der Waals surface area contributed by atoms with Crippen molar-refractivity contribution in [3.8, 4) is 11.8 Å². The summed E-state index contributed by atoms with van der Waals surface area (Å²) in [5.41, 5.74) is 10.4. The molecule has 7 heteroatoms. The summed E-state index contributed by atoms with van der Waals surface area (Å²) in [5.74, 6) is 4.81. The van der Waals surface area contributed by atoms with Gasteiger partial charge in [0.1, 0.15) is 6.04 Å². The van der Waals surface area contributed by atoms with Crippen molar-refractivity contribution < 1.29 is 19.5 Å². The van der Waals surface area contributed by atoms with Gasteiger partial charge in [0.25, 0.3) is 11.8 Å². The van der Waals surface area contributed by atoms with Crippen LogP contribution < -0.4 is 16.5 Å². The van der Waals surface area contributed by atoms with Crippen LogP contribution in [0.5, 0.6) is 0 Å². The van der Waals surface area contributed by atoms with Crippen LogP contribution in [-0.2, 0) is 16.1 Å². The third-order valence-electron chi connectivity index (χ3n) is 4.38. The van der Waals surface area contributed by atoms with Crippen molar-refractivity contribution in [2.45, 2.75) is 32.5 Å². The highest BCUT2D eigenvalue weighted by atomic mass is 16.5. The topological polar surface area (TPSA) is 114 Å². The van der Waals surface area contributed by atoms with Crippen LogP contribution in [0.25, 0.3) is 6.08 Å². The summed E-state index contributed by atoms with van der Waals surface area (Å²) in [6, 6.07) is 13.0. The molecule has 0 spiro atoms. The molecule has 2 atom stereocenters. The van der Waals surface area contributed by atoms with Crippen LogP contribution in [0.2, 0.25) is 0 Å². The molecule has 31 heavy (non-hydrogen) atoms. The van der Waals surface area contributed by atoms with Crippen LogP contribution in [0.4, 0.5) is 0 Å². The van der Waals surface area contributed by atoms with Crippen molar-refractivity contribution in [3.63, 3.8) is 0 Å². The van der Waals surface area contributed by atoms with E-state index in [1.807, 2.05) is 37.3 Å². The van der Waals surface area contributed by atoms with Crippen molar-refractivity contribution >= 4 is 17.9 Å². The Hall–Kier alpha value is -3.44. The molecule has 0 aromatic heterocycles. The van der Waals surface area contributed by atoms with E-state index < -0.39 is 23.9 Å². The molecule has 5 N–H and O–H groups in total. The molecule has 2 aromatic rings. The van der Waals surface area contributed by atoms with E-state index in [-0.39, 0.29) is 0 Å². The Morgan fingerprint density at radius 1 is 1.16 bits per heavy atom. The predicted molar refractivity (Wildman–Crippen MR) is 119 cm³/mol. The molecule has 0 unspecified atom stereocenters. The number of hydrogen-bond donors (Lipinski definition) is 4. The van der Waals surface area contributed by atoms with E-state index in [0.29, 0.717) is 18.8 Å². The Bertz CT molecular complexity index is 955. The van der Waals surface area contributed by atoms with Crippen molar-refractivity contribution in [1.29, 1.82) is 0 Å². The highest BCUT2D eigenvalue weighted by Gasteiger charge is 2.24. The lowest BCUT2D eigenvalue weighted by Crippen LogP contribution is -2.54. The lowest BCUT2D eigenvalue weighted by molar-refractivity contribution is -0.131. The van der Waals surface area contributed by atoms with Gasteiger partial charge in [0.15, 0.2) is 0 Å². The summed E-state index contributed by atoms with van der Waals surface area (Å²) in [4.78, 5) is 23.9. The quantitative estimate of drug-likeness (QED) is 0.297. The molecule has 0 fully saturated rings. The Morgan fingerprint density at radius 2 is 1.84 bits per heavy atom. The largest absolute Gasteiger partial charge is 0.377 e. The second kappa shape index (κ2) is 12.3. The smallest absolute Gasteiger partial charge is 0.267 e. The maximum Gasteiger partial charge on any atom is 0.267 e. The van der Waals surface area contributed by atoms with Gasteiger partial charge in [-0.2, -0.15) is 0 Å². The molecule has 0 saturated heterocycles. The number of amides is 2. The molecule has 7 nitrogen and oxygen atoms in total. The highest BCUT2D eigenvalue weighted by molar-refractivity contribution is 5.97. The number of nitrogens with one attached hydrogen (secondary N) is 2. The minimum absolute atomic E-state index is 0.367. The minimum Gasteiger partial charge on any atom is -0.377 e. The van der Waals surface area contributed by atoms with Crippen LogP contribution >= 0.6 is 0 Å². The van der Waals surface area contributed by atoms with Gasteiger partial charge in [0, 0.05) is 23.8 Å². The molecule has 0 aliphatic heterocycles. The molecule has 0 aliphatic rings. The number of allylic oxidation sites excluding steroid dienone is 1. The van der Waals surface area contributed by atoms with E-state index in [2.05, 4.69) is 17.2 Å². The summed E-state index contributed by atoms with van der Waals surface area (Å²) < 4.78 is 5.37. The van der Waals surface area contributed by atoms with Gasteiger partial charge in [-0.25, -0.2) is 5.48 Å². The molecular formula is C24H27N3O4. The Labute approximate surface area is 182 Å². The van der Waals surface area contributed by atoms with Gasteiger partial charge in [-0.3, -0.25) is 14.8 Å². The van der Waals surface area contributed by atoms with Gasteiger partial charge in [0.2, 0.25) is 0 Å². The summed E-state index contributed by atoms with van der Waals surface area (Å²) in [7, 11) is 0. The molecule has 0 saturated carbocycles. The molecule has 0 radical (unpaired) electrons. The number of hydroxylamine groups is 1. The Kier molecular flexibility index (Phi) is 9.46. The number of carbonyl (C=O) groups is 2. The van der Waals surface area contributed by atoms with Gasteiger partial charge in [-0.1, -0.05) is 36.1 Å². The number of nitrogens with two attached hydrogens (primary N) is 1. The van der Waals surface area contributed by atoms with Crippen molar-refractivity contribution in [2.24, 2.45) is 5.73 Å². The maximum atomic E-state index is 12.3. The van der Waals surface area contributed by atoms with E-state index in [4.69, 9.17) is 15.7 Å². The fourth-order valence-corrected chi connectivity index (χ4v) is 2.64. The standard InChI is InChI=1S/C24H27N3O4/c1-3-31-16-20-10-8-18(9-11-20)6-4-5-7-19-12-14-21(15-13-19)23(28)26-22(17(2)25)24(29)27-30/h5,7-15,17,22,30H,3,16,25H2,1-2H3,(H,26,28)(H,27,29)/b7-5+/t17-,22+/m1/s1. The van der Waals surface area contributed by atoms with Crippen molar-refractivity contribution in [3.05, 3.63) is 76.9 Å². The number of hydrogen-bond acceptors (Lipinski definition) is 5. The molecule has 2 amide bonds. The molecule has 2 rings (SSSR count). The van der Waals surface area contributed by atoms with Crippen molar-refractivity contribution in [2.75, 3.05) is 6.61 Å². The number of rotatable bonds is 8. The third kappa shape index (κ3) is 7.72. The zero-order valence-electron chi connectivity index (χ0n) is 17.6.